The Balaban J connectivity index is 1.43. The molecule has 1 unspecified atom stereocenters. The van der Waals surface area contributed by atoms with Crippen molar-refractivity contribution >= 4 is 18.0 Å². The van der Waals surface area contributed by atoms with Crippen molar-refractivity contribution in [3.63, 3.8) is 0 Å². The third kappa shape index (κ3) is 4.69. The van der Waals surface area contributed by atoms with Crippen LogP contribution in [0.4, 0.5) is 4.79 Å². The van der Waals surface area contributed by atoms with E-state index in [9.17, 15) is 19.5 Å². The molecule has 0 aromatic heterocycles. The van der Waals surface area contributed by atoms with Crippen molar-refractivity contribution in [2.75, 3.05) is 6.61 Å². The number of rotatable bonds is 9. The molecule has 2 amide bonds. The van der Waals surface area contributed by atoms with Crippen molar-refractivity contribution in [1.29, 1.82) is 0 Å². The van der Waals surface area contributed by atoms with Crippen LogP contribution in [0.25, 0.3) is 11.1 Å². The minimum absolute atomic E-state index is 0.0817. The van der Waals surface area contributed by atoms with E-state index in [0.717, 1.165) is 35.1 Å². The van der Waals surface area contributed by atoms with Gasteiger partial charge in [0.15, 0.2) is 0 Å². The van der Waals surface area contributed by atoms with Crippen LogP contribution in [0.5, 0.6) is 0 Å². The van der Waals surface area contributed by atoms with E-state index in [4.69, 9.17) is 4.74 Å². The molecule has 0 radical (unpaired) electrons. The number of fused-ring (bicyclic) bond motifs is 3. The first-order chi connectivity index (χ1) is 16.4. The molecule has 2 aliphatic carbocycles. The molecule has 1 saturated carbocycles. The number of ether oxygens (including phenoxy) is 1. The van der Waals surface area contributed by atoms with Crippen molar-refractivity contribution in [3.8, 4) is 11.1 Å². The third-order valence-corrected chi connectivity index (χ3v) is 6.84. The summed E-state index contributed by atoms with van der Waals surface area (Å²) in [6.07, 6.45) is 4.06. The lowest BCUT2D eigenvalue weighted by molar-refractivity contribution is -0.143. The van der Waals surface area contributed by atoms with Gasteiger partial charge in [-0.15, -0.1) is 6.58 Å². The molecule has 0 saturated heterocycles. The summed E-state index contributed by atoms with van der Waals surface area (Å²) >= 11 is 0. The van der Waals surface area contributed by atoms with E-state index in [-0.39, 0.29) is 18.9 Å². The molecule has 1 fully saturated rings. The average Bonchev–Trinajstić information content (AvgIpc) is 3.43. The standard InChI is InChI=1S/C27H30N2O5/c1-2-3-14-23(24(30)31)28-25(32)27(15-8-9-16-27)29-26(33)34-17-22-20-12-6-4-10-18(20)19-11-5-7-13-21(19)22/h2,4-7,10-13,22-23H,1,3,8-9,14-17H2,(H,28,32)(H,29,33)(H,30,31). The quantitative estimate of drug-likeness (QED) is 0.480. The van der Waals surface area contributed by atoms with Gasteiger partial charge in [0.2, 0.25) is 5.91 Å². The summed E-state index contributed by atoms with van der Waals surface area (Å²) < 4.78 is 5.63. The number of carboxylic acid groups (broad SMARTS) is 1. The fourth-order valence-corrected chi connectivity index (χ4v) is 5.06. The predicted molar refractivity (Wildman–Crippen MR) is 128 cm³/mol. The van der Waals surface area contributed by atoms with Gasteiger partial charge in [-0.1, -0.05) is 67.4 Å². The Morgan fingerprint density at radius 2 is 1.65 bits per heavy atom. The van der Waals surface area contributed by atoms with Crippen molar-refractivity contribution in [1.82, 2.24) is 10.6 Å². The second-order valence-electron chi connectivity index (χ2n) is 8.97. The van der Waals surface area contributed by atoms with E-state index in [2.05, 4.69) is 29.3 Å². The van der Waals surface area contributed by atoms with Gasteiger partial charge in [0.25, 0.3) is 0 Å². The maximum absolute atomic E-state index is 13.1. The Morgan fingerprint density at radius 3 is 2.21 bits per heavy atom. The first-order valence-electron chi connectivity index (χ1n) is 11.7. The second kappa shape index (κ2) is 10.1. The molecule has 4 rings (SSSR count). The van der Waals surface area contributed by atoms with Gasteiger partial charge < -0.3 is 20.5 Å². The molecule has 0 spiro atoms. The van der Waals surface area contributed by atoms with Crippen LogP contribution in [0.3, 0.4) is 0 Å². The Bertz CT molecular complexity index is 1040. The average molecular weight is 463 g/mol. The number of carbonyl (C=O) groups is 3. The minimum atomic E-state index is -1.16. The van der Waals surface area contributed by atoms with Gasteiger partial charge >= 0.3 is 12.1 Å². The molecule has 2 aromatic rings. The van der Waals surface area contributed by atoms with Crippen molar-refractivity contribution in [2.45, 2.75) is 56.0 Å². The fraction of sp³-hybridized carbons (Fsp3) is 0.370. The van der Waals surface area contributed by atoms with Crippen LogP contribution >= 0.6 is 0 Å². The van der Waals surface area contributed by atoms with Gasteiger partial charge in [0.1, 0.15) is 18.2 Å². The Kier molecular flexibility index (Phi) is 7.01. The third-order valence-electron chi connectivity index (χ3n) is 6.84. The zero-order chi connectivity index (χ0) is 24.1. The molecule has 0 heterocycles. The fourth-order valence-electron chi connectivity index (χ4n) is 5.06. The molecule has 2 aromatic carbocycles. The van der Waals surface area contributed by atoms with Crippen molar-refractivity contribution in [3.05, 3.63) is 72.3 Å². The van der Waals surface area contributed by atoms with Gasteiger partial charge in [-0.05, 0) is 47.9 Å². The number of allylic oxidation sites excluding steroid dienone is 1. The van der Waals surface area contributed by atoms with E-state index in [1.807, 2.05) is 36.4 Å². The number of hydrogen-bond acceptors (Lipinski definition) is 4. The maximum Gasteiger partial charge on any atom is 0.408 e. The Hall–Kier alpha value is -3.61. The molecule has 34 heavy (non-hydrogen) atoms. The highest BCUT2D eigenvalue weighted by Gasteiger charge is 2.44. The van der Waals surface area contributed by atoms with Gasteiger partial charge in [-0.25, -0.2) is 9.59 Å². The maximum atomic E-state index is 13.1. The van der Waals surface area contributed by atoms with E-state index in [1.54, 1.807) is 6.08 Å². The predicted octanol–water partition coefficient (Wildman–Crippen LogP) is 4.37. The summed E-state index contributed by atoms with van der Waals surface area (Å²) in [5.74, 6) is -1.67. The van der Waals surface area contributed by atoms with Crippen molar-refractivity contribution in [2.24, 2.45) is 0 Å². The number of amides is 2. The molecule has 1 atom stereocenters. The van der Waals surface area contributed by atoms with Gasteiger partial charge in [-0.3, -0.25) is 4.79 Å². The molecular formula is C27H30N2O5. The number of aliphatic carboxylic acids is 1. The van der Waals surface area contributed by atoms with Crippen LogP contribution < -0.4 is 10.6 Å². The summed E-state index contributed by atoms with van der Waals surface area (Å²) in [5, 5.41) is 14.8. The van der Waals surface area contributed by atoms with Crippen molar-refractivity contribution < 1.29 is 24.2 Å². The monoisotopic (exact) mass is 462 g/mol. The van der Waals surface area contributed by atoms with E-state index in [0.29, 0.717) is 19.3 Å². The number of carbonyl (C=O) groups excluding carboxylic acids is 2. The summed E-state index contributed by atoms with van der Waals surface area (Å²) in [6.45, 7) is 3.75. The SMILES string of the molecule is C=CCCC(NC(=O)C1(NC(=O)OCC2c3ccccc3-c3ccccc32)CCCC1)C(=O)O. The summed E-state index contributed by atoms with van der Waals surface area (Å²) in [5.41, 5.74) is 3.33. The van der Waals surface area contributed by atoms with Crippen LogP contribution in [-0.4, -0.2) is 41.3 Å². The smallest absolute Gasteiger partial charge is 0.408 e. The second-order valence-corrected chi connectivity index (χ2v) is 8.97. The zero-order valence-corrected chi connectivity index (χ0v) is 19.1. The van der Waals surface area contributed by atoms with E-state index < -0.39 is 29.6 Å². The highest BCUT2D eigenvalue weighted by atomic mass is 16.5. The highest BCUT2D eigenvalue weighted by molar-refractivity contribution is 5.93. The van der Waals surface area contributed by atoms with Gasteiger partial charge in [0.05, 0.1) is 0 Å². The first kappa shape index (κ1) is 23.5. The van der Waals surface area contributed by atoms with E-state index in [1.165, 1.54) is 0 Å². The molecular weight excluding hydrogens is 432 g/mol. The van der Waals surface area contributed by atoms with Crippen LogP contribution in [0.15, 0.2) is 61.2 Å². The van der Waals surface area contributed by atoms with Gasteiger partial charge in [-0.2, -0.15) is 0 Å². The number of nitrogens with one attached hydrogen (secondary N) is 2. The lowest BCUT2D eigenvalue weighted by Gasteiger charge is -2.30. The summed E-state index contributed by atoms with van der Waals surface area (Å²) in [4.78, 5) is 37.5. The minimum Gasteiger partial charge on any atom is -0.480 e. The zero-order valence-electron chi connectivity index (χ0n) is 19.1. The molecule has 0 bridgehead atoms. The Morgan fingerprint density at radius 1 is 1.06 bits per heavy atom. The summed E-state index contributed by atoms with van der Waals surface area (Å²) in [7, 11) is 0. The molecule has 3 N–H and O–H groups in total. The van der Waals surface area contributed by atoms with Crippen LogP contribution in [0, 0.1) is 0 Å². The first-order valence-corrected chi connectivity index (χ1v) is 11.7. The molecule has 7 heteroatoms. The lowest BCUT2D eigenvalue weighted by Crippen LogP contribution is -2.59. The molecule has 178 valence electrons. The number of carboxylic acids is 1. The van der Waals surface area contributed by atoms with Crippen LogP contribution in [0.1, 0.15) is 55.6 Å². The number of alkyl carbamates (subject to hydrolysis) is 1. The lowest BCUT2D eigenvalue weighted by atomic mass is 9.95. The van der Waals surface area contributed by atoms with Crippen LogP contribution in [-0.2, 0) is 14.3 Å². The molecule has 0 aliphatic heterocycles. The molecule has 7 nitrogen and oxygen atoms in total. The van der Waals surface area contributed by atoms with Gasteiger partial charge in [0, 0.05) is 5.92 Å². The number of hydrogen-bond donors (Lipinski definition) is 3. The topological polar surface area (TPSA) is 105 Å². The number of benzene rings is 2. The normalized spacial score (nSPS) is 16.7. The van der Waals surface area contributed by atoms with E-state index >= 15 is 0 Å². The summed E-state index contributed by atoms with van der Waals surface area (Å²) in [6, 6.07) is 15.1. The largest absolute Gasteiger partial charge is 0.480 e. The molecule has 2 aliphatic rings. The Labute approximate surface area is 199 Å². The highest BCUT2D eigenvalue weighted by Crippen LogP contribution is 2.44. The van der Waals surface area contributed by atoms with Crippen LogP contribution in [0.2, 0.25) is 0 Å².